The van der Waals surface area contributed by atoms with Crippen molar-refractivity contribution in [1.29, 1.82) is 0 Å². The van der Waals surface area contributed by atoms with Gasteiger partial charge in [0.05, 0.1) is 6.61 Å². The molecule has 0 heterocycles. The molecular weight excluding hydrogens is 560 g/mol. The predicted octanol–water partition coefficient (Wildman–Crippen LogP) is 11.5. The van der Waals surface area contributed by atoms with E-state index >= 15 is 0 Å². The largest absolute Gasteiger partial charge is 0.462 e. The van der Waals surface area contributed by atoms with Crippen LogP contribution in [-0.4, -0.2) is 36.4 Å². The number of esters is 2. The minimum Gasteiger partial charge on any atom is -0.462 e. The Hall–Kier alpha value is -2.14. The zero-order chi connectivity index (χ0) is 32.9. The summed E-state index contributed by atoms with van der Waals surface area (Å²) in [6.45, 7) is 3.99. The summed E-state index contributed by atoms with van der Waals surface area (Å²) in [5, 5.41) is 9.53. The first-order valence-electron chi connectivity index (χ1n) is 18.7. The van der Waals surface area contributed by atoms with Gasteiger partial charge in [0.1, 0.15) is 6.61 Å². The summed E-state index contributed by atoms with van der Waals surface area (Å²) in [5.74, 6) is -0.614. The lowest BCUT2D eigenvalue weighted by Gasteiger charge is -2.15. The lowest BCUT2D eigenvalue weighted by atomic mass is 10.1. The third-order valence-corrected chi connectivity index (χ3v) is 7.86. The number of unbranched alkanes of at least 4 members (excludes halogenated alkanes) is 17. The highest BCUT2D eigenvalue weighted by Crippen LogP contribution is 2.12. The van der Waals surface area contributed by atoms with E-state index in [0.29, 0.717) is 12.8 Å². The van der Waals surface area contributed by atoms with Crippen LogP contribution in [0.2, 0.25) is 0 Å². The van der Waals surface area contributed by atoms with Gasteiger partial charge in [-0.2, -0.15) is 0 Å². The second-order valence-corrected chi connectivity index (χ2v) is 12.3. The van der Waals surface area contributed by atoms with E-state index in [4.69, 9.17) is 9.47 Å². The lowest BCUT2D eigenvalue weighted by molar-refractivity contribution is -0.161. The molecule has 0 amide bonds. The molecule has 0 spiro atoms. The number of allylic oxidation sites excluding steroid dienone is 8. The molecule has 0 bridgehead atoms. The Labute approximate surface area is 278 Å². The number of carbonyl (C=O) groups excluding carboxylic acids is 2. The van der Waals surface area contributed by atoms with Crippen molar-refractivity contribution in [2.24, 2.45) is 0 Å². The van der Waals surface area contributed by atoms with Crippen LogP contribution in [0.4, 0.5) is 0 Å². The molecule has 0 aromatic carbocycles. The molecule has 0 aromatic heterocycles. The summed E-state index contributed by atoms with van der Waals surface area (Å²) < 4.78 is 10.6. The minimum atomic E-state index is -0.779. The number of rotatable bonds is 33. The topological polar surface area (TPSA) is 72.8 Å². The van der Waals surface area contributed by atoms with Gasteiger partial charge >= 0.3 is 11.9 Å². The fraction of sp³-hybridized carbons (Fsp3) is 0.750. The molecule has 0 rings (SSSR count). The fourth-order valence-electron chi connectivity index (χ4n) is 5.03. The van der Waals surface area contributed by atoms with E-state index < -0.39 is 6.10 Å². The van der Waals surface area contributed by atoms with Gasteiger partial charge < -0.3 is 14.6 Å². The average Bonchev–Trinajstić information content (AvgIpc) is 3.04. The van der Waals surface area contributed by atoms with Crippen molar-refractivity contribution in [3.8, 4) is 0 Å². The Morgan fingerprint density at radius 2 is 0.956 bits per heavy atom. The fourth-order valence-corrected chi connectivity index (χ4v) is 5.03. The second kappa shape index (κ2) is 36.3. The number of aliphatic hydroxyl groups excluding tert-OH is 1. The highest BCUT2D eigenvalue weighted by atomic mass is 16.6. The van der Waals surface area contributed by atoms with Crippen LogP contribution in [0.5, 0.6) is 0 Å². The number of aliphatic hydroxyl groups is 1. The van der Waals surface area contributed by atoms with E-state index in [1.165, 1.54) is 77.0 Å². The molecule has 5 heteroatoms. The Morgan fingerprint density at radius 1 is 0.533 bits per heavy atom. The number of hydrogen-bond donors (Lipinski definition) is 1. The van der Waals surface area contributed by atoms with E-state index in [9.17, 15) is 14.7 Å². The van der Waals surface area contributed by atoms with Crippen molar-refractivity contribution < 1.29 is 24.2 Å². The van der Waals surface area contributed by atoms with Crippen LogP contribution in [0, 0.1) is 0 Å². The van der Waals surface area contributed by atoms with E-state index in [0.717, 1.165) is 70.6 Å². The zero-order valence-corrected chi connectivity index (χ0v) is 29.4. The number of hydrogen-bond acceptors (Lipinski definition) is 5. The lowest BCUT2D eigenvalue weighted by Crippen LogP contribution is -2.28. The quantitative estimate of drug-likeness (QED) is 0.0444. The first kappa shape index (κ1) is 42.9. The molecule has 0 saturated heterocycles. The van der Waals surface area contributed by atoms with E-state index in [1.54, 1.807) is 0 Å². The van der Waals surface area contributed by atoms with Crippen molar-refractivity contribution in [3.05, 3.63) is 48.6 Å². The maximum absolute atomic E-state index is 12.1. The van der Waals surface area contributed by atoms with Gasteiger partial charge in [0.25, 0.3) is 0 Å². The Morgan fingerprint density at radius 3 is 1.47 bits per heavy atom. The molecule has 0 radical (unpaired) electrons. The number of ether oxygens (including phenoxy) is 2. The molecular formula is C40H70O5. The van der Waals surface area contributed by atoms with Gasteiger partial charge in [-0.05, 0) is 70.6 Å². The standard InChI is InChI=1S/C40H70O5/c1-3-5-7-9-11-13-15-17-19-20-21-23-25-27-29-31-33-35-40(43)45-38(36-41)37-44-39(42)34-32-30-28-26-24-22-18-16-14-12-10-8-6-4-2/h5,7,11,13,16-19,38,41H,3-4,6,8-10,12,14-15,20-37H2,1-2H3/b7-5-,13-11-,18-16-,19-17-. The molecule has 0 aliphatic rings. The molecule has 1 N–H and O–H groups in total. The van der Waals surface area contributed by atoms with Crippen molar-refractivity contribution in [1.82, 2.24) is 0 Å². The Kier molecular flexibility index (Phi) is 34.6. The third kappa shape index (κ3) is 34.6. The summed E-state index contributed by atoms with van der Waals surface area (Å²) in [4.78, 5) is 24.2. The number of carbonyl (C=O) groups is 2. The first-order valence-corrected chi connectivity index (χ1v) is 18.7. The van der Waals surface area contributed by atoms with Crippen molar-refractivity contribution in [2.75, 3.05) is 13.2 Å². The van der Waals surface area contributed by atoms with Crippen LogP contribution in [0.1, 0.15) is 174 Å². The van der Waals surface area contributed by atoms with E-state index in [-0.39, 0.29) is 25.2 Å². The Balaban J connectivity index is 3.60. The molecule has 0 fully saturated rings. The van der Waals surface area contributed by atoms with Gasteiger partial charge in [-0.25, -0.2) is 0 Å². The van der Waals surface area contributed by atoms with Gasteiger partial charge in [0.2, 0.25) is 0 Å². The normalized spacial score (nSPS) is 12.7. The molecule has 0 aromatic rings. The molecule has 1 atom stereocenters. The molecule has 0 aliphatic carbocycles. The SMILES string of the molecule is CC/C=C\C/C=C\C/C=C\CCCCCCCCCC(=O)OC(CO)COC(=O)CCCCCCC/C=C\CCCCCCC. The summed E-state index contributed by atoms with van der Waals surface area (Å²) >= 11 is 0. The molecule has 0 saturated carbocycles. The van der Waals surface area contributed by atoms with Crippen LogP contribution in [0.15, 0.2) is 48.6 Å². The van der Waals surface area contributed by atoms with Crippen molar-refractivity contribution >= 4 is 11.9 Å². The van der Waals surface area contributed by atoms with Gasteiger partial charge in [0, 0.05) is 12.8 Å². The van der Waals surface area contributed by atoms with E-state index in [1.807, 2.05) is 0 Å². The highest BCUT2D eigenvalue weighted by Gasteiger charge is 2.16. The smallest absolute Gasteiger partial charge is 0.306 e. The summed E-state index contributed by atoms with van der Waals surface area (Å²) in [6, 6.07) is 0. The molecule has 5 nitrogen and oxygen atoms in total. The van der Waals surface area contributed by atoms with Gasteiger partial charge in [-0.3, -0.25) is 9.59 Å². The third-order valence-electron chi connectivity index (χ3n) is 7.86. The molecule has 0 aliphatic heterocycles. The second-order valence-electron chi connectivity index (χ2n) is 12.3. The minimum absolute atomic E-state index is 0.0749. The van der Waals surface area contributed by atoms with Crippen LogP contribution in [0.3, 0.4) is 0 Å². The van der Waals surface area contributed by atoms with Crippen LogP contribution in [-0.2, 0) is 19.1 Å². The van der Waals surface area contributed by atoms with Crippen LogP contribution >= 0.6 is 0 Å². The zero-order valence-electron chi connectivity index (χ0n) is 29.4. The Bertz CT molecular complexity index is 767. The highest BCUT2D eigenvalue weighted by molar-refractivity contribution is 5.70. The first-order chi connectivity index (χ1) is 22.1. The summed E-state index contributed by atoms with van der Waals surface area (Å²) in [7, 11) is 0. The average molecular weight is 631 g/mol. The molecule has 1 unspecified atom stereocenters. The van der Waals surface area contributed by atoms with Crippen LogP contribution < -0.4 is 0 Å². The summed E-state index contributed by atoms with van der Waals surface area (Å²) in [6.07, 6.45) is 44.5. The van der Waals surface area contributed by atoms with Crippen molar-refractivity contribution in [3.63, 3.8) is 0 Å². The summed E-state index contributed by atoms with van der Waals surface area (Å²) in [5.41, 5.74) is 0. The maximum Gasteiger partial charge on any atom is 0.306 e. The van der Waals surface area contributed by atoms with Crippen LogP contribution in [0.25, 0.3) is 0 Å². The van der Waals surface area contributed by atoms with Gasteiger partial charge in [0.15, 0.2) is 6.10 Å². The van der Waals surface area contributed by atoms with Gasteiger partial charge in [-0.1, -0.05) is 140 Å². The predicted molar refractivity (Wildman–Crippen MR) is 191 cm³/mol. The van der Waals surface area contributed by atoms with Gasteiger partial charge in [-0.15, -0.1) is 0 Å². The maximum atomic E-state index is 12.1. The molecule has 45 heavy (non-hydrogen) atoms. The molecule has 260 valence electrons. The monoisotopic (exact) mass is 631 g/mol. The van der Waals surface area contributed by atoms with Crippen molar-refractivity contribution in [2.45, 2.75) is 180 Å². The van der Waals surface area contributed by atoms with E-state index in [2.05, 4.69) is 62.5 Å².